The topological polar surface area (TPSA) is 75.0 Å². The Morgan fingerprint density at radius 2 is 1.93 bits per heavy atom. The number of piperidine rings is 1. The molecular formula is C20H25N3O4. The van der Waals surface area contributed by atoms with Crippen LogP contribution in [0, 0.1) is 0 Å². The first-order valence-electron chi connectivity index (χ1n) is 9.06. The number of rotatable bonds is 5. The fourth-order valence-electron chi connectivity index (χ4n) is 3.30. The van der Waals surface area contributed by atoms with Gasteiger partial charge in [-0.2, -0.15) is 0 Å². The molecule has 2 aromatic rings. The Hall–Kier alpha value is -2.96. The highest BCUT2D eigenvalue weighted by atomic mass is 16.5. The van der Waals surface area contributed by atoms with E-state index in [9.17, 15) is 9.59 Å². The predicted molar refractivity (Wildman–Crippen MR) is 102 cm³/mol. The van der Waals surface area contributed by atoms with Gasteiger partial charge < -0.3 is 24.3 Å². The second-order valence-corrected chi connectivity index (χ2v) is 6.60. The molecule has 27 heavy (non-hydrogen) atoms. The molecule has 2 heterocycles. The van der Waals surface area contributed by atoms with E-state index >= 15 is 0 Å². The maximum absolute atomic E-state index is 13.0. The molecule has 0 radical (unpaired) electrons. The Morgan fingerprint density at radius 3 is 2.48 bits per heavy atom. The molecule has 144 valence electrons. The average Bonchev–Trinajstić information content (AvgIpc) is 3.20. The number of anilines is 1. The number of hydrogen-bond donors (Lipinski definition) is 1. The molecule has 0 bridgehead atoms. The van der Waals surface area contributed by atoms with Gasteiger partial charge in [-0.15, -0.1) is 0 Å². The van der Waals surface area contributed by atoms with E-state index < -0.39 is 0 Å². The fourth-order valence-corrected chi connectivity index (χ4v) is 3.30. The standard InChI is InChI=1S/C20H25N3O4/c1-15(24)22-11-9-17(10-12-22)23(14-19-4-3-13-27-19)20(25)21-16-5-7-18(26-2)8-6-16/h3-8,13,17H,9-12,14H2,1-2H3,(H,21,25). The first-order valence-corrected chi connectivity index (χ1v) is 9.06. The molecule has 0 unspecified atom stereocenters. The molecule has 1 fully saturated rings. The molecule has 7 nitrogen and oxygen atoms in total. The number of carbonyl (C=O) groups excluding carboxylic acids is 2. The van der Waals surface area contributed by atoms with E-state index in [2.05, 4.69) is 5.32 Å². The van der Waals surface area contributed by atoms with Gasteiger partial charge in [-0.3, -0.25) is 4.79 Å². The molecular weight excluding hydrogens is 346 g/mol. The number of carbonyl (C=O) groups is 2. The number of amides is 3. The normalized spacial score (nSPS) is 14.7. The van der Waals surface area contributed by atoms with Crippen molar-refractivity contribution in [2.45, 2.75) is 32.4 Å². The van der Waals surface area contributed by atoms with Gasteiger partial charge in [0.15, 0.2) is 0 Å². The van der Waals surface area contributed by atoms with Gasteiger partial charge in [0.05, 0.1) is 19.9 Å². The second-order valence-electron chi connectivity index (χ2n) is 6.60. The Labute approximate surface area is 158 Å². The van der Waals surface area contributed by atoms with Gasteiger partial charge in [-0.1, -0.05) is 0 Å². The highest BCUT2D eigenvalue weighted by Crippen LogP contribution is 2.22. The largest absolute Gasteiger partial charge is 0.497 e. The van der Waals surface area contributed by atoms with Crippen LogP contribution in [-0.2, 0) is 11.3 Å². The highest BCUT2D eigenvalue weighted by Gasteiger charge is 2.29. The van der Waals surface area contributed by atoms with E-state index in [0.29, 0.717) is 25.3 Å². The number of benzene rings is 1. The smallest absolute Gasteiger partial charge is 0.322 e. The number of urea groups is 1. The molecule has 1 aromatic heterocycles. The van der Waals surface area contributed by atoms with Crippen molar-refractivity contribution in [3.63, 3.8) is 0 Å². The zero-order valence-corrected chi connectivity index (χ0v) is 15.7. The van der Waals surface area contributed by atoms with Crippen molar-refractivity contribution in [3.8, 4) is 5.75 Å². The lowest BCUT2D eigenvalue weighted by Gasteiger charge is -2.38. The van der Waals surface area contributed by atoms with Crippen LogP contribution in [0.1, 0.15) is 25.5 Å². The molecule has 0 aliphatic carbocycles. The summed E-state index contributed by atoms with van der Waals surface area (Å²) in [6.07, 6.45) is 3.10. The van der Waals surface area contributed by atoms with Gasteiger partial charge in [-0.05, 0) is 49.2 Å². The van der Waals surface area contributed by atoms with E-state index in [1.54, 1.807) is 49.5 Å². The summed E-state index contributed by atoms with van der Waals surface area (Å²) in [5.41, 5.74) is 0.700. The Kier molecular flexibility index (Phi) is 6.01. The monoisotopic (exact) mass is 371 g/mol. The molecule has 3 rings (SSSR count). The Morgan fingerprint density at radius 1 is 1.22 bits per heavy atom. The lowest BCUT2D eigenvalue weighted by Crippen LogP contribution is -2.49. The van der Waals surface area contributed by atoms with Crippen molar-refractivity contribution in [2.75, 3.05) is 25.5 Å². The lowest BCUT2D eigenvalue weighted by atomic mass is 10.0. The van der Waals surface area contributed by atoms with Gasteiger partial charge >= 0.3 is 6.03 Å². The van der Waals surface area contributed by atoms with Crippen molar-refractivity contribution < 1.29 is 18.7 Å². The summed E-state index contributed by atoms with van der Waals surface area (Å²) in [4.78, 5) is 28.2. The van der Waals surface area contributed by atoms with Gasteiger partial charge in [-0.25, -0.2) is 4.79 Å². The van der Waals surface area contributed by atoms with Crippen molar-refractivity contribution in [3.05, 3.63) is 48.4 Å². The van der Waals surface area contributed by atoms with Gasteiger partial charge in [0.1, 0.15) is 11.5 Å². The number of hydrogen-bond acceptors (Lipinski definition) is 4. The summed E-state index contributed by atoms with van der Waals surface area (Å²) >= 11 is 0. The minimum atomic E-state index is -0.183. The first kappa shape index (κ1) is 18.8. The average molecular weight is 371 g/mol. The van der Waals surface area contributed by atoms with Crippen LogP contribution in [0.25, 0.3) is 0 Å². The van der Waals surface area contributed by atoms with Gasteiger partial charge in [0.2, 0.25) is 5.91 Å². The van der Waals surface area contributed by atoms with Crippen LogP contribution in [0.4, 0.5) is 10.5 Å². The Balaban J connectivity index is 1.70. The molecule has 0 saturated carbocycles. The molecule has 7 heteroatoms. The first-order chi connectivity index (χ1) is 13.1. The summed E-state index contributed by atoms with van der Waals surface area (Å²) in [7, 11) is 1.60. The molecule has 0 atom stereocenters. The number of likely N-dealkylation sites (tertiary alicyclic amines) is 1. The number of nitrogens with one attached hydrogen (secondary N) is 1. The van der Waals surface area contributed by atoms with Crippen LogP contribution in [0.15, 0.2) is 47.1 Å². The van der Waals surface area contributed by atoms with Crippen LogP contribution >= 0.6 is 0 Å². The van der Waals surface area contributed by atoms with E-state index in [1.807, 2.05) is 17.0 Å². The Bertz CT molecular complexity index is 750. The van der Waals surface area contributed by atoms with E-state index in [-0.39, 0.29) is 18.0 Å². The molecule has 1 aliphatic rings. The number of methoxy groups -OCH3 is 1. The van der Waals surface area contributed by atoms with Gasteiger partial charge in [0.25, 0.3) is 0 Å². The summed E-state index contributed by atoms with van der Waals surface area (Å²) in [6.45, 7) is 3.28. The van der Waals surface area contributed by atoms with Crippen molar-refractivity contribution >= 4 is 17.6 Å². The van der Waals surface area contributed by atoms with Crippen molar-refractivity contribution in [1.29, 1.82) is 0 Å². The van der Waals surface area contributed by atoms with E-state index in [1.165, 1.54) is 0 Å². The van der Waals surface area contributed by atoms with Crippen LogP contribution in [0.5, 0.6) is 5.75 Å². The van der Waals surface area contributed by atoms with E-state index in [4.69, 9.17) is 9.15 Å². The van der Waals surface area contributed by atoms with Crippen LogP contribution in [0.3, 0.4) is 0 Å². The quantitative estimate of drug-likeness (QED) is 0.875. The summed E-state index contributed by atoms with van der Waals surface area (Å²) < 4.78 is 10.6. The van der Waals surface area contributed by atoms with Gasteiger partial charge in [0, 0.05) is 31.7 Å². The molecule has 1 N–H and O–H groups in total. The zero-order chi connectivity index (χ0) is 19.2. The third-order valence-corrected chi connectivity index (χ3v) is 4.86. The third-order valence-electron chi connectivity index (χ3n) is 4.86. The van der Waals surface area contributed by atoms with Crippen LogP contribution in [0.2, 0.25) is 0 Å². The van der Waals surface area contributed by atoms with Crippen LogP contribution < -0.4 is 10.1 Å². The highest BCUT2D eigenvalue weighted by molar-refractivity contribution is 5.89. The molecule has 0 spiro atoms. The van der Waals surface area contributed by atoms with E-state index in [0.717, 1.165) is 24.4 Å². The third kappa shape index (κ3) is 4.81. The zero-order valence-electron chi connectivity index (χ0n) is 15.7. The minimum Gasteiger partial charge on any atom is -0.497 e. The molecule has 3 amide bonds. The summed E-state index contributed by atoms with van der Waals surface area (Å²) in [5, 5.41) is 2.95. The molecule has 1 aromatic carbocycles. The molecule has 1 aliphatic heterocycles. The van der Waals surface area contributed by atoms with Crippen molar-refractivity contribution in [2.24, 2.45) is 0 Å². The SMILES string of the molecule is COc1ccc(NC(=O)N(Cc2ccco2)C2CCN(C(C)=O)CC2)cc1. The number of furan rings is 1. The van der Waals surface area contributed by atoms with Crippen molar-refractivity contribution in [1.82, 2.24) is 9.80 Å². The maximum Gasteiger partial charge on any atom is 0.322 e. The predicted octanol–water partition coefficient (Wildman–Crippen LogP) is 3.33. The fraction of sp³-hybridized carbons (Fsp3) is 0.400. The summed E-state index contributed by atoms with van der Waals surface area (Å²) in [5.74, 6) is 1.54. The second kappa shape index (κ2) is 8.62. The minimum absolute atomic E-state index is 0.0453. The summed E-state index contributed by atoms with van der Waals surface area (Å²) in [6, 6.07) is 10.8. The lowest BCUT2D eigenvalue weighted by molar-refractivity contribution is -0.130. The number of ether oxygens (including phenoxy) is 1. The molecule has 1 saturated heterocycles. The number of nitrogens with zero attached hydrogens (tertiary/aromatic N) is 2. The van der Waals surface area contributed by atoms with Crippen LogP contribution in [-0.4, -0.2) is 48.0 Å². The maximum atomic E-state index is 13.0.